The van der Waals surface area contributed by atoms with Gasteiger partial charge in [0.2, 0.25) is 0 Å². The Bertz CT molecular complexity index is 1480. The predicted octanol–water partition coefficient (Wildman–Crippen LogP) is 2.84. The van der Waals surface area contributed by atoms with Crippen molar-refractivity contribution in [2.45, 2.75) is 43.4 Å². The molecule has 0 bridgehead atoms. The van der Waals surface area contributed by atoms with Crippen molar-refractivity contribution in [3.8, 4) is 6.07 Å². The van der Waals surface area contributed by atoms with E-state index in [-0.39, 0.29) is 17.0 Å². The van der Waals surface area contributed by atoms with Crippen LogP contribution < -0.4 is 0 Å². The van der Waals surface area contributed by atoms with Gasteiger partial charge in [-0.15, -0.1) is 0 Å². The summed E-state index contributed by atoms with van der Waals surface area (Å²) in [5, 5.41) is 20.4. The smallest absolute Gasteiger partial charge is 0.269 e. The molecule has 1 N–H and O–H groups in total. The minimum atomic E-state index is -3.82. The number of fused-ring (bicyclic) bond motifs is 3. The second-order valence-corrected chi connectivity index (χ2v) is 10.2. The maximum Gasteiger partial charge on any atom is 0.269 e. The lowest BCUT2D eigenvalue weighted by molar-refractivity contribution is 0.181. The molecule has 1 saturated heterocycles. The standard InChI is InChI=1S/C23H24N6O3S/c1-15(12-24)27-10-8-17(14-27)29-21-19-9-11-28(33(31,32)18-6-4-3-5-7-18)23(19)25-13-20(21)26-22(29)16(2)30/h3-7,9,11,13,15-17,30H,8,10,14H2,1-2H3/t15?,16-,17?/m1/s1. The molecule has 3 aromatic heterocycles. The summed E-state index contributed by atoms with van der Waals surface area (Å²) in [6.45, 7) is 4.95. The van der Waals surface area contributed by atoms with Crippen LogP contribution in [-0.4, -0.2) is 56.1 Å². The van der Waals surface area contributed by atoms with Gasteiger partial charge in [-0.25, -0.2) is 22.4 Å². The molecule has 0 saturated carbocycles. The highest BCUT2D eigenvalue weighted by molar-refractivity contribution is 7.90. The second kappa shape index (κ2) is 7.95. The van der Waals surface area contributed by atoms with E-state index in [1.165, 1.54) is 10.2 Å². The van der Waals surface area contributed by atoms with Gasteiger partial charge in [-0.3, -0.25) is 4.90 Å². The van der Waals surface area contributed by atoms with Crippen molar-refractivity contribution in [3.63, 3.8) is 0 Å². The highest BCUT2D eigenvalue weighted by atomic mass is 32.2. The van der Waals surface area contributed by atoms with E-state index >= 15 is 0 Å². The zero-order valence-electron chi connectivity index (χ0n) is 18.3. The lowest BCUT2D eigenvalue weighted by Gasteiger charge is -2.21. The predicted molar refractivity (Wildman–Crippen MR) is 123 cm³/mol. The van der Waals surface area contributed by atoms with Gasteiger partial charge < -0.3 is 9.67 Å². The summed E-state index contributed by atoms with van der Waals surface area (Å²) in [5.74, 6) is 0.509. The largest absolute Gasteiger partial charge is 0.385 e. The molecule has 1 fully saturated rings. The van der Waals surface area contributed by atoms with Crippen LogP contribution in [0.3, 0.4) is 0 Å². The third kappa shape index (κ3) is 3.40. The number of hydrogen-bond donors (Lipinski definition) is 1. The molecule has 4 aromatic rings. The van der Waals surface area contributed by atoms with Gasteiger partial charge in [0.25, 0.3) is 10.0 Å². The Kier molecular flexibility index (Phi) is 5.20. The van der Waals surface area contributed by atoms with Crippen LogP contribution in [0.2, 0.25) is 0 Å². The number of aromatic nitrogens is 4. The fraction of sp³-hybridized carbons (Fsp3) is 0.348. The van der Waals surface area contributed by atoms with Crippen LogP contribution in [0.15, 0.2) is 53.7 Å². The maximum atomic E-state index is 13.3. The minimum Gasteiger partial charge on any atom is -0.385 e. The first-order valence-electron chi connectivity index (χ1n) is 10.8. The minimum absolute atomic E-state index is 0.00456. The van der Waals surface area contributed by atoms with E-state index in [0.717, 1.165) is 18.5 Å². The second-order valence-electron chi connectivity index (χ2n) is 8.42. The average molecular weight is 465 g/mol. The van der Waals surface area contributed by atoms with Crippen LogP contribution in [0.4, 0.5) is 0 Å². The molecule has 10 heteroatoms. The Hall–Kier alpha value is -3.26. The Morgan fingerprint density at radius 3 is 2.67 bits per heavy atom. The summed E-state index contributed by atoms with van der Waals surface area (Å²) in [4.78, 5) is 11.3. The number of nitriles is 1. The summed E-state index contributed by atoms with van der Waals surface area (Å²) in [6.07, 6.45) is 3.05. The first-order valence-corrected chi connectivity index (χ1v) is 12.3. The van der Waals surface area contributed by atoms with Gasteiger partial charge >= 0.3 is 0 Å². The molecule has 33 heavy (non-hydrogen) atoms. The van der Waals surface area contributed by atoms with Gasteiger partial charge in [0.1, 0.15) is 17.4 Å². The van der Waals surface area contributed by atoms with E-state index in [1.807, 2.05) is 11.5 Å². The number of hydrogen-bond acceptors (Lipinski definition) is 7. The fourth-order valence-electron chi connectivity index (χ4n) is 4.64. The molecule has 0 radical (unpaired) electrons. The molecule has 0 aliphatic carbocycles. The van der Waals surface area contributed by atoms with Crippen LogP contribution in [0.25, 0.3) is 22.1 Å². The summed E-state index contributed by atoms with van der Waals surface area (Å²) >= 11 is 0. The summed E-state index contributed by atoms with van der Waals surface area (Å²) in [7, 11) is -3.82. The highest BCUT2D eigenvalue weighted by Crippen LogP contribution is 2.35. The number of nitrogens with zero attached hydrogens (tertiary/aromatic N) is 6. The van der Waals surface area contributed by atoms with Gasteiger partial charge in [-0.1, -0.05) is 18.2 Å². The molecule has 0 amide bonds. The van der Waals surface area contributed by atoms with Gasteiger partial charge in [0.15, 0.2) is 5.65 Å². The monoisotopic (exact) mass is 464 g/mol. The van der Waals surface area contributed by atoms with E-state index in [1.54, 1.807) is 49.5 Å². The van der Waals surface area contributed by atoms with Crippen molar-refractivity contribution in [3.05, 3.63) is 54.6 Å². The molecular weight excluding hydrogens is 440 g/mol. The number of pyridine rings is 1. The SMILES string of the molecule is CC(C#N)N1CCC(n2c([C@@H](C)O)nc3cnc4c(ccn4S(=O)(=O)c4ccccc4)c32)C1. The molecule has 1 aromatic carbocycles. The van der Waals surface area contributed by atoms with E-state index in [0.29, 0.717) is 28.9 Å². The van der Waals surface area contributed by atoms with Crippen LogP contribution in [-0.2, 0) is 10.0 Å². The molecule has 1 aliphatic rings. The number of benzene rings is 1. The Labute approximate surface area is 191 Å². The van der Waals surface area contributed by atoms with Crippen molar-refractivity contribution in [2.75, 3.05) is 13.1 Å². The highest BCUT2D eigenvalue weighted by Gasteiger charge is 2.32. The Morgan fingerprint density at radius 1 is 1.21 bits per heavy atom. The van der Waals surface area contributed by atoms with Gasteiger partial charge in [0, 0.05) is 30.7 Å². The van der Waals surface area contributed by atoms with E-state index in [2.05, 4.69) is 20.9 Å². The number of rotatable bonds is 5. The number of aliphatic hydroxyl groups is 1. The van der Waals surface area contributed by atoms with Crippen molar-refractivity contribution >= 4 is 32.1 Å². The molecular formula is C23H24N6O3S. The third-order valence-corrected chi connectivity index (χ3v) is 8.00. The van der Waals surface area contributed by atoms with E-state index < -0.39 is 16.1 Å². The Balaban J connectivity index is 1.70. The van der Waals surface area contributed by atoms with Gasteiger partial charge in [0.05, 0.1) is 28.7 Å². The molecule has 9 nitrogen and oxygen atoms in total. The van der Waals surface area contributed by atoms with Crippen LogP contribution in [0.5, 0.6) is 0 Å². The summed E-state index contributed by atoms with van der Waals surface area (Å²) in [5.41, 5.74) is 1.65. The van der Waals surface area contributed by atoms with Crippen molar-refractivity contribution < 1.29 is 13.5 Å². The van der Waals surface area contributed by atoms with E-state index in [4.69, 9.17) is 0 Å². The van der Waals surface area contributed by atoms with Crippen LogP contribution >= 0.6 is 0 Å². The molecule has 5 rings (SSSR count). The third-order valence-electron chi connectivity index (χ3n) is 6.32. The van der Waals surface area contributed by atoms with Crippen molar-refractivity contribution in [2.24, 2.45) is 0 Å². The number of likely N-dealkylation sites (tertiary alicyclic amines) is 1. The maximum absolute atomic E-state index is 13.3. The van der Waals surface area contributed by atoms with Gasteiger partial charge in [-0.2, -0.15) is 5.26 Å². The van der Waals surface area contributed by atoms with Crippen molar-refractivity contribution in [1.82, 2.24) is 23.4 Å². The first-order chi connectivity index (χ1) is 15.8. The molecule has 170 valence electrons. The molecule has 4 heterocycles. The quantitative estimate of drug-likeness (QED) is 0.483. The van der Waals surface area contributed by atoms with Crippen LogP contribution in [0.1, 0.15) is 38.2 Å². The molecule has 0 spiro atoms. The molecule has 3 atom stereocenters. The summed E-state index contributed by atoms with van der Waals surface area (Å²) < 4.78 is 29.7. The summed E-state index contributed by atoms with van der Waals surface area (Å²) in [6, 6.07) is 12.0. The Morgan fingerprint density at radius 2 is 1.97 bits per heavy atom. The number of imidazole rings is 1. The lowest BCUT2D eigenvalue weighted by atomic mass is 10.2. The van der Waals surface area contributed by atoms with E-state index in [9.17, 15) is 18.8 Å². The molecule has 1 aliphatic heterocycles. The molecule has 2 unspecified atom stereocenters. The van der Waals surface area contributed by atoms with Crippen LogP contribution in [0, 0.1) is 11.3 Å². The topological polar surface area (TPSA) is 117 Å². The normalized spacial score (nSPS) is 19.2. The first kappa shape index (κ1) is 21.6. The lowest BCUT2D eigenvalue weighted by Crippen LogP contribution is -2.30. The van der Waals surface area contributed by atoms with Gasteiger partial charge in [-0.05, 0) is 38.5 Å². The fourth-order valence-corrected chi connectivity index (χ4v) is 5.96. The zero-order chi connectivity index (χ0) is 23.3. The average Bonchev–Trinajstić information content (AvgIpc) is 3.54. The number of aliphatic hydroxyl groups excluding tert-OH is 1. The van der Waals surface area contributed by atoms with Crippen molar-refractivity contribution in [1.29, 1.82) is 5.26 Å². The zero-order valence-corrected chi connectivity index (χ0v) is 19.1.